The lowest BCUT2D eigenvalue weighted by molar-refractivity contribution is 0.231. The average Bonchev–Trinajstić information content (AvgIpc) is 2.20. The van der Waals surface area contributed by atoms with E-state index in [1.54, 1.807) is 12.3 Å². The maximum atomic E-state index is 5.43. The molecule has 0 atom stereocenters. The molecule has 4 nitrogen and oxygen atoms in total. The van der Waals surface area contributed by atoms with Crippen LogP contribution in [0, 0.1) is 0 Å². The van der Waals surface area contributed by atoms with Gasteiger partial charge in [0.1, 0.15) is 12.9 Å². The van der Waals surface area contributed by atoms with Gasteiger partial charge in [0.25, 0.3) is 0 Å². The number of ether oxygens (including phenoxy) is 1. The van der Waals surface area contributed by atoms with E-state index in [4.69, 9.17) is 4.74 Å². The van der Waals surface area contributed by atoms with Gasteiger partial charge in [-0.3, -0.25) is 0 Å². The summed E-state index contributed by atoms with van der Waals surface area (Å²) >= 11 is 0. The first kappa shape index (κ1) is 10.9. The minimum atomic E-state index is 0.643. The molecule has 0 N–H and O–H groups in total. The van der Waals surface area contributed by atoms with Gasteiger partial charge in [-0.2, -0.15) is 0 Å². The van der Waals surface area contributed by atoms with E-state index in [1.165, 1.54) is 12.7 Å². The van der Waals surface area contributed by atoms with Crippen molar-refractivity contribution in [2.45, 2.75) is 13.3 Å². The summed E-state index contributed by atoms with van der Waals surface area (Å²) in [6.45, 7) is 4.88. The summed E-state index contributed by atoms with van der Waals surface area (Å²) in [7, 11) is 2.09. The summed E-state index contributed by atoms with van der Waals surface area (Å²) in [5, 5.41) is 0. The van der Waals surface area contributed by atoms with Crippen LogP contribution in [0.1, 0.15) is 13.3 Å². The van der Waals surface area contributed by atoms with Crippen LogP contribution in [-0.4, -0.2) is 41.6 Å². The summed E-state index contributed by atoms with van der Waals surface area (Å²) < 4.78 is 5.43. The zero-order valence-corrected chi connectivity index (χ0v) is 8.81. The third-order valence-corrected chi connectivity index (χ3v) is 1.88. The molecule has 0 aliphatic carbocycles. The molecule has 0 unspecified atom stereocenters. The Morgan fingerprint density at radius 3 is 2.93 bits per heavy atom. The van der Waals surface area contributed by atoms with Gasteiger partial charge >= 0.3 is 0 Å². The fourth-order valence-corrected chi connectivity index (χ4v) is 1.16. The van der Waals surface area contributed by atoms with Crippen LogP contribution in [0.15, 0.2) is 18.6 Å². The predicted molar refractivity (Wildman–Crippen MR) is 55.3 cm³/mol. The highest BCUT2D eigenvalue weighted by atomic mass is 16.5. The van der Waals surface area contributed by atoms with Crippen LogP contribution in [0.2, 0.25) is 0 Å². The van der Waals surface area contributed by atoms with Crippen LogP contribution in [-0.2, 0) is 0 Å². The monoisotopic (exact) mass is 195 g/mol. The van der Waals surface area contributed by atoms with Crippen LogP contribution in [0.25, 0.3) is 0 Å². The van der Waals surface area contributed by atoms with Crippen LogP contribution in [0.5, 0.6) is 5.88 Å². The molecule has 4 heteroatoms. The van der Waals surface area contributed by atoms with Gasteiger partial charge in [0.2, 0.25) is 5.88 Å². The molecule has 14 heavy (non-hydrogen) atoms. The lowest BCUT2D eigenvalue weighted by Crippen LogP contribution is -2.25. The Bertz CT molecular complexity index is 240. The Morgan fingerprint density at radius 1 is 1.43 bits per heavy atom. The van der Waals surface area contributed by atoms with Crippen molar-refractivity contribution in [2.75, 3.05) is 26.7 Å². The van der Waals surface area contributed by atoms with Gasteiger partial charge in [0.15, 0.2) is 0 Å². The van der Waals surface area contributed by atoms with Crippen molar-refractivity contribution in [3.63, 3.8) is 0 Å². The molecule has 0 bridgehead atoms. The molecule has 0 saturated carbocycles. The van der Waals surface area contributed by atoms with Crippen molar-refractivity contribution in [2.24, 2.45) is 0 Å². The fourth-order valence-electron chi connectivity index (χ4n) is 1.16. The first-order valence-electron chi connectivity index (χ1n) is 4.90. The molecule has 0 amide bonds. The summed E-state index contributed by atoms with van der Waals surface area (Å²) in [4.78, 5) is 10.0. The number of nitrogens with zero attached hydrogens (tertiary/aromatic N) is 3. The molecule has 0 aliphatic rings. The van der Waals surface area contributed by atoms with Crippen molar-refractivity contribution in [3.05, 3.63) is 18.6 Å². The number of aromatic nitrogens is 2. The number of hydrogen-bond acceptors (Lipinski definition) is 4. The van der Waals surface area contributed by atoms with Gasteiger partial charge in [-0.25, -0.2) is 9.97 Å². The summed E-state index contributed by atoms with van der Waals surface area (Å²) in [5.74, 6) is 0.643. The summed E-state index contributed by atoms with van der Waals surface area (Å²) in [5.41, 5.74) is 0. The largest absolute Gasteiger partial charge is 0.476 e. The number of likely N-dealkylation sites (N-methyl/N-ethyl adjacent to an activating group) is 1. The van der Waals surface area contributed by atoms with Crippen molar-refractivity contribution < 1.29 is 4.74 Å². The van der Waals surface area contributed by atoms with Gasteiger partial charge in [-0.15, -0.1) is 0 Å². The molecule has 1 rings (SSSR count). The van der Waals surface area contributed by atoms with E-state index in [2.05, 4.69) is 28.8 Å². The smallest absolute Gasteiger partial charge is 0.216 e. The molecule has 0 saturated heterocycles. The average molecular weight is 195 g/mol. The van der Waals surface area contributed by atoms with Gasteiger partial charge in [-0.05, 0) is 20.0 Å². The van der Waals surface area contributed by atoms with Crippen molar-refractivity contribution in [3.8, 4) is 5.88 Å². The van der Waals surface area contributed by atoms with Gasteiger partial charge in [-0.1, -0.05) is 6.92 Å². The molecule has 0 spiro atoms. The SMILES string of the molecule is CCCN(C)CCOc1ccncn1. The standard InChI is InChI=1S/C10H17N3O/c1-3-6-13(2)7-8-14-10-4-5-11-9-12-10/h4-5,9H,3,6-8H2,1-2H3. The molecule has 0 aliphatic heterocycles. The Hall–Kier alpha value is -1.16. The third-order valence-electron chi connectivity index (χ3n) is 1.88. The molecule has 0 radical (unpaired) electrons. The van der Waals surface area contributed by atoms with Crippen LogP contribution in [0.4, 0.5) is 0 Å². The Balaban J connectivity index is 2.16. The van der Waals surface area contributed by atoms with Crippen molar-refractivity contribution in [1.82, 2.24) is 14.9 Å². The molecular formula is C10H17N3O. The van der Waals surface area contributed by atoms with Gasteiger partial charge < -0.3 is 9.64 Å². The lowest BCUT2D eigenvalue weighted by atomic mass is 10.4. The third kappa shape index (κ3) is 4.18. The molecule has 1 aromatic rings. The van der Waals surface area contributed by atoms with E-state index in [0.29, 0.717) is 12.5 Å². The van der Waals surface area contributed by atoms with E-state index in [0.717, 1.165) is 13.1 Å². The van der Waals surface area contributed by atoms with Crippen molar-refractivity contribution in [1.29, 1.82) is 0 Å². The van der Waals surface area contributed by atoms with Gasteiger partial charge in [0.05, 0.1) is 0 Å². The first-order valence-corrected chi connectivity index (χ1v) is 4.90. The van der Waals surface area contributed by atoms with E-state index < -0.39 is 0 Å². The Labute approximate surface area is 84.9 Å². The quantitative estimate of drug-likeness (QED) is 0.683. The lowest BCUT2D eigenvalue weighted by Gasteiger charge is -2.15. The summed E-state index contributed by atoms with van der Waals surface area (Å²) in [6, 6.07) is 1.76. The van der Waals surface area contributed by atoms with Gasteiger partial charge in [0, 0.05) is 18.8 Å². The maximum Gasteiger partial charge on any atom is 0.216 e. The highest BCUT2D eigenvalue weighted by Crippen LogP contribution is 2.00. The first-order chi connectivity index (χ1) is 6.83. The molecular weight excluding hydrogens is 178 g/mol. The number of rotatable bonds is 6. The molecule has 0 aromatic carbocycles. The van der Waals surface area contributed by atoms with E-state index in [-0.39, 0.29) is 0 Å². The maximum absolute atomic E-state index is 5.43. The van der Waals surface area contributed by atoms with Crippen molar-refractivity contribution >= 4 is 0 Å². The van der Waals surface area contributed by atoms with E-state index >= 15 is 0 Å². The second-order valence-electron chi connectivity index (χ2n) is 3.20. The van der Waals surface area contributed by atoms with E-state index in [9.17, 15) is 0 Å². The Morgan fingerprint density at radius 2 is 2.29 bits per heavy atom. The molecule has 1 aromatic heterocycles. The molecule has 78 valence electrons. The van der Waals surface area contributed by atoms with Crippen LogP contribution < -0.4 is 4.74 Å². The second-order valence-corrected chi connectivity index (χ2v) is 3.20. The Kier molecular flexibility index (Phi) is 4.93. The predicted octanol–water partition coefficient (Wildman–Crippen LogP) is 1.20. The highest BCUT2D eigenvalue weighted by Gasteiger charge is 1.97. The molecule has 0 fully saturated rings. The fraction of sp³-hybridized carbons (Fsp3) is 0.600. The zero-order valence-electron chi connectivity index (χ0n) is 8.81. The summed E-state index contributed by atoms with van der Waals surface area (Å²) in [6.07, 6.45) is 4.34. The van der Waals surface area contributed by atoms with Crippen LogP contribution >= 0.6 is 0 Å². The minimum absolute atomic E-state index is 0.643. The second kappa shape index (κ2) is 6.32. The highest BCUT2D eigenvalue weighted by molar-refractivity contribution is 5.04. The topological polar surface area (TPSA) is 38.2 Å². The number of hydrogen-bond donors (Lipinski definition) is 0. The zero-order chi connectivity index (χ0) is 10.2. The van der Waals surface area contributed by atoms with Crippen LogP contribution in [0.3, 0.4) is 0 Å². The minimum Gasteiger partial charge on any atom is -0.476 e. The normalized spacial score (nSPS) is 10.5. The van der Waals surface area contributed by atoms with E-state index in [1.807, 2.05) is 0 Å². The molecule has 1 heterocycles.